The standard InChI is InChI=1S/C20H21N7O2/c1-11-15-17(26-19(11)28)23-10-24-18(15)27-7-4-12(5-8-27)16-13(21)2-3-14(25-16)20-22-6-9-29-20/h2-3,6,9-12H,4-5,7-8,21H2,1H3,(H,23,24,26,28). The van der Waals surface area contributed by atoms with Crippen molar-refractivity contribution in [3.05, 3.63) is 42.2 Å². The fourth-order valence-corrected chi connectivity index (χ4v) is 4.14. The SMILES string of the molecule is CC1C(=O)Nc2ncnc(N3CCC(c4nc(-c5ncco5)ccc4N)CC3)c21. The lowest BCUT2D eigenvalue weighted by Gasteiger charge is -2.34. The summed E-state index contributed by atoms with van der Waals surface area (Å²) < 4.78 is 5.37. The van der Waals surface area contributed by atoms with Crippen LogP contribution in [-0.4, -0.2) is 38.9 Å². The Morgan fingerprint density at radius 3 is 2.79 bits per heavy atom. The molecule has 3 N–H and O–H groups in total. The van der Waals surface area contributed by atoms with Crippen LogP contribution in [0, 0.1) is 0 Å². The first-order valence-corrected chi connectivity index (χ1v) is 9.69. The topological polar surface area (TPSA) is 123 Å². The van der Waals surface area contributed by atoms with Crippen LogP contribution in [-0.2, 0) is 4.79 Å². The molecular weight excluding hydrogens is 370 g/mol. The quantitative estimate of drug-likeness (QED) is 0.698. The van der Waals surface area contributed by atoms with Gasteiger partial charge < -0.3 is 20.4 Å². The van der Waals surface area contributed by atoms with E-state index in [1.165, 1.54) is 12.6 Å². The average molecular weight is 391 g/mol. The van der Waals surface area contributed by atoms with Crippen LogP contribution in [0.1, 0.15) is 42.9 Å². The number of hydrogen-bond donors (Lipinski definition) is 2. The summed E-state index contributed by atoms with van der Waals surface area (Å²) in [5.41, 5.74) is 9.38. The van der Waals surface area contributed by atoms with Gasteiger partial charge in [0, 0.05) is 24.6 Å². The van der Waals surface area contributed by atoms with E-state index in [4.69, 9.17) is 15.1 Å². The third-order valence-corrected chi connectivity index (χ3v) is 5.72. The van der Waals surface area contributed by atoms with E-state index in [0.717, 1.165) is 43.0 Å². The third-order valence-electron chi connectivity index (χ3n) is 5.72. The first kappa shape index (κ1) is 17.6. The van der Waals surface area contributed by atoms with Crippen molar-refractivity contribution in [2.24, 2.45) is 0 Å². The Morgan fingerprint density at radius 1 is 1.21 bits per heavy atom. The second-order valence-electron chi connectivity index (χ2n) is 7.44. The first-order valence-electron chi connectivity index (χ1n) is 9.69. The molecule has 9 nitrogen and oxygen atoms in total. The summed E-state index contributed by atoms with van der Waals surface area (Å²) in [6.07, 6.45) is 6.43. The predicted molar refractivity (Wildman–Crippen MR) is 107 cm³/mol. The van der Waals surface area contributed by atoms with Crippen molar-refractivity contribution in [2.75, 3.05) is 29.0 Å². The van der Waals surface area contributed by atoms with Crippen molar-refractivity contribution in [3.63, 3.8) is 0 Å². The van der Waals surface area contributed by atoms with Gasteiger partial charge in [-0.2, -0.15) is 0 Å². The van der Waals surface area contributed by atoms with Crippen molar-refractivity contribution < 1.29 is 9.21 Å². The molecule has 0 bridgehead atoms. The normalized spacial score (nSPS) is 19.3. The maximum Gasteiger partial charge on any atom is 0.244 e. The van der Waals surface area contributed by atoms with Gasteiger partial charge in [0.25, 0.3) is 0 Å². The zero-order valence-electron chi connectivity index (χ0n) is 16.0. The molecule has 0 saturated carbocycles. The van der Waals surface area contributed by atoms with Gasteiger partial charge in [-0.3, -0.25) is 4.79 Å². The van der Waals surface area contributed by atoms with E-state index in [1.54, 1.807) is 6.20 Å². The van der Waals surface area contributed by atoms with Crippen molar-refractivity contribution in [1.82, 2.24) is 19.9 Å². The van der Waals surface area contributed by atoms with Crippen molar-refractivity contribution >= 4 is 23.2 Å². The second kappa shape index (κ2) is 6.84. The van der Waals surface area contributed by atoms with Gasteiger partial charge in [0.15, 0.2) is 0 Å². The highest BCUT2D eigenvalue weighted by Gasteiger charge is 2.34. The summed E-state index contributed by atoms with van der Waals surface area (Å²) >= 11 is 0. The Bertz CT molecular complexity index is 1060. The lowest BCUT2D eigenvalue weighted by molar-refractivity contribution is -0.116. The highest BCUT2D eigenvalue weighted by atomic mass is 16.3. The number of oxazole rings is 1. The van der Waals surface area contributed by atoms with E-state index in [9.17, 15) is 4.79 Å². The number of anilines is 3. The molecule has 1 unspecified atom stereocenters. The number of piperidine rings is 1. The Morgan fingerprint density at radius 2 is 2.03 bits per heavy atom. The number of nitrogen functional groups attached to an aromatic ring is 1. The van der Waals surface area contributed by atoms with Crippen LogP contribution < -0.4 is 16.0 Å². The molecule has 9 heteroatoms. The van der Waals surface area contributed by atoms with Gasteiger partial charge in [-0.1, -0.05) is 0 Å². The Balaban J connectivity index is 1.37. The number of nitrogens with two attached hydrogens (primary N) is 1. The summed E-state index contributed by atoms with van der Waals surface area (Å²) in [5, 5.41) is 2.83. The minimum absolute atomic E-state index is 0.0306. The minimum Gasteiger partial charge on any atom is -0.443 e. The number of hydrogen-bond acceptors (Lipinski definition) is 8. The Labute approximate surface area is 167 Å². The van der Waals surface area contributed by atoms with E-state index in [0.29, 0.717) is 23.1 Å². The van der Waals surface area contributed by atoms with Gasteiger partial charge in [-0.25, -0.2) is 19.9 Å². The van der Waals surface area contributed by atoms with E-state index < -0.39 is 0 Å². The van der Waals surface area contributed by atoms with Crippen molar-refractivity contribution in [2.45, 2.75) is 31.6 Å². The zero-order chi connectivity index (χ0) is 20.0. The fraction of sp³-hybridized carbons (Fsp3) is 0.350. The first-order chi connectivity index (χ1) is 14.1. The fourth-order valence-electron chi connectivity index (χ4n) is 4.14. The number of pyridine rings is 1. The van der Waals surface area contributed by atoms with Crippen LogP contribution >= 0.6 is 0 Å². The summed E-state index contributed by atoms with van der Waals surface area (Å²) in [7, 11) is 0. The van der Waals surface area contributed by atoms with E-state index in [2.05, 4.69) is 25.2 Å². The number of nitrogens with one attached hydrogen (secondary N) is 1. The summed E-state index contributed by atoms with van der Waals surface area (Å²) in [6, 6.07) is 3.69. The van der Waals surface area contributed by atoms with Crippen LogP contribution in [0.25, 0.3) is 11.6 Å². The molecule has 5 rings (SSSR count). The Hall–Kier alpha value is -3.49. The van der Waals surface area contributed by atoms with Crippen LogP contribution in [0.5, 0.6) is 0 Å². The summed E-state index contributed by atoms with van der Waals surface area (Å²) in [5.74, 6) is 1.93. The second-order valence-corrected chi connectivity index (χ2v) is 7.44. The molecular formula is C20H21N7O2. The molecule has 0 radical (unpaired) electrons. The maximum absolute atomic E-state index is 12.0. The molecule has 0 spiro atoms. The van der Waals surface area contributed by atoms with Gasteiger partial charge in [0.1, 0.15) is 29.9 Å². The number of nitrogens with zero attached hydrogens (tertiary/aromatic N) is 5. The molecule has 1 amide bonds. The molecule has 1 saturated heterocycles. The van der Waals surface area contributed by atoms with Gasteiger partial charge >= 0.3 is 0 Å². The monoisotopic (exact) mass is 391 g/mol. The lowest BCUT2D eigenvalue weighted by atomic mass is 9.91. The van der Waals surface area contributed by atoms with E-state index in [-0.39, 0.29) is 17.7 Å². The lowest BCUT2D eigenvalue weighted by Crippen LogP contribution is -2.34. The van der Waals surface area contributed by atoms with Gasteiger partial charge in [0.2, 0.25) is 11.8 Å². The number of aromatic nitrogens is 4. The molecule has 1 atom stereocenters. The highest BCUT2D eigenvalue weighted by Crippen LogP contribution is 2.39. The van der Waals surface area contributed by atoms with Crippen molar-refractivity contribution in [3.8, 4) is 11.6 Å². The molecule has 2 aliphatic rings. The van der Waals surface area contributed by atoms with Crippen LogP contribution in [0.3, 0.4) is 0 Å². The number of fused-ring (bicyclic) bond motifs is 1. The molecule has 2 aliphatic heterocycles. The molecule has 3 aromatic rings. The average Bonchev–Trinajstić information content (AvgIpc) is 3.37. The van der Waals surface area contributed by atoms with Crippen LogP contribution in [0.15, 0.2) is 35.3 Å². The summed E-state index contributed by atoms with van der Waals surface area (Å²) in [6.45, 7) is 3.50. The predicted octanol–water partition coefficient (Wildman–Crippen LogP) is 2.55. The van der Waals surface area contributed by atoms with Gasteiger partial charge in [-0.05, 0) is 31.9 Å². The zero-order valence-corrected chi connectivity index (χ0v) is 16.0. The van der Waals surface area contributed by atoms with Crippen molar-refractivity contribution in [1.29, 1.82) is 0 Å². The maximum atomic E-state index is 12.0. The third kappa shape index (κ3) is 2.98. The Kier molecular flexibility index (Phi) is 4.15. The molecule has 1 fully saturated rings. The number of amides is 1. The van der Waals surface area contributed by atoms with Gasteiger partial charge in [-0.15, -0.1) is 0 Å². The molecule has 0 aromatic carbocycles. The molecule has 29 heavy (non-hydrogen) atoms. The largest absolute Gasteiger partial charge is 0.443 e. The number of carbonyl (C=O) groups is 1. The molecule has 148 valence electrons. The number of carbonyl (C=O) groups excluding carboxylic acids is 1. The smallest absolute Gasteiger partial charge is 0.244 e. The van der Waals surface area contributed by atoms with Crippen LogP contribution in [0.4, 0.5) is 17.3 Å². The highest BCUT2D eigenvalue weighted by molar-refractivity contribution is 6.03. The minimum atomic E-state index is -0.242. The molecule has 5 heterocycles. The molecule has 3 aromatic heterocycles. The molecule has 0 aliphatic carbocycles. The van der Waals surface area contributed by atoms with E-state index >= 15 is 0 Å². The van der Waals surface area contributed by atoms with E-state index in [1.807, 2.05) is 19.1 Å². The van der Waals surface area contributed by atoms with Crippen LogP contribution in [0.2, 0.25) is 0 Å². The summed E-state index contributed by atoms with van der Waals surface area (Å²) in [4.78, 5) is 31.9. The number of rotatable bonds is 3. The van der Waals surface area contributed by atoms with Gasteiger partial charge in [0.05, 0.1) is 23.5 Å².